The second kappa shape index (κ2) is 6.03. The van der Waals surface area contributed by atoms with Crippen LogP contribution in [0.15, 0.2) is 53.0 Å². The van der Waals surface area contributed by atoms with Gasteiger partial charge in [-0.3, -0.25) is 0 Å². The Morgan fingerprint density at radius 1 is 1.06 bits per heavy atom. The summed E-state index contributed by atoms with van der Waals surface area (Å²) in [5.74, 6) is 0.876. The summed E-state index contributed by atoms with van der Waals surface area (Å²) in [6.45, 7) is 0. The van der Waals surface area contributed by atoms with Crippen LogP contribution in [0.4, 0.5) is 0 Å². The van der Waals surface area contributed by atoms with Gasteiger partial charge < -0.3 is 10.1 Å². The van der Waals surface area contributed by atoms with Crippen molar-refractivity contribution in [2.75, 3.05) is 14.2 Å². The lowest BCUT2D eigenvalue weighted by Gasteiger charge is -2.19. The first kappa shape index (κ1) is 13.1. The molecule has 0 bridgehead atoms. The zero-order valence-electron chi connectivity index (χ0n) is 10.5. The summed E-state index contributed by atoms with van der Waals surface area (Å²) < 4.78 is 6.29. The number of methoxy groups -OCH3 is 1. The van der Waals surface area contributed by atoms with Crippen LogP contribution >= 0.6 is 15.9 Å². The molecule has 1 N–H and O–H groups in total. The standard InChI is InChI=1S/C15H16BrNO/c1-17-15(13-5-3-4-6-14(13)16)11-7-9-12(18-2)10-8-11/h3-10,15,17H,1-2H3. The van der Waals surface area contributed by atoms with Crippen LogP contribution in [-0.2, 0) is 0 Å². The summed E-state index contributed by atoms with van der Waals surface area (Å²) in [4.78, 5) is 0. The van der Waals surface area contributed by atoms with Gasteiger partial charge in [0.15, 0.2) is 0 Å². The Morgan fingerprint density at radius 2 is 1.72 bits per heavy atom. The number of nitrogens with one attached hydrogen (secondary N) is 1. The third kappa shape index (κ3) is 2.74. The fourth-order valence-electron chi connectivity index (χ4n) is 2.01. The summed E-state index contributed by atoms with van der Waals surface area (Å²) in [6.07, 6.45) is 0. The Bertz CT molecular complexity index is 510. The largest absolute Gasteiger partial charge is 0.497 e. The molecular formula is C15H16BrNO. The van der Waals surface area contributed by atoms with Crippen molar-refractivity contribution < 1.29 is 4.74 Å². The Labute approximate surface area is 116 Å². The van der Waals surface area contributed by atoms with Crippen LogP contribution in [-0.4, -0.2) is 14.2 Å². The fraction of sp³-hybridized carbons (Fsp3) is 0.200. The van der Waals surface area contributed by atoms with Gasteiger partial charge in [-0.2, -0.15) is 0 Å². The smallest absolute Gasteiger partial charge is 0.118 e. The van der Waals surface area contributed by atoms with Gasteiger partial charge in [-0.1, -0.05) is 46.3 Å². The molecular weight excluding hydrogens is 290 g/mol. The van der Waals surface area contributed by atoms with E-state index >= 15 is 0 Å². The molecule has 3 heteroatoms. The Hall–Kier alpha value is -1.32. The zero-order valence-corrected chi connectivity index (χ0v) is 12.1. The molecule has 0 aliphatic carbocycles. The molecule has 0 amide bonds. The van der Waals surface area contributed by atoms with E-state index < -0.39 is 0 Å². The SMILES string of the molecule is CNC(c1ccc(OC)cc1)c1ccccc1Br. The summed E-state index contributed by atoms with van der Waals surface area (Å²) in [5.41, 5.74) is 2.44. The first-order valence-corrected chi connectivity index (χ1v) is 6.61. The summed E-state index contributed by atoms with van der Waals surface area (Å²) in [7, 11) is 3.65. The molecule has 0 saturated heterocycles. The number of rotatable bonds is 4. The third-order valence-electron chi connectivity index (χ3n) is 2.95. The maximum absolute atomic E-state index is 5.18. The predicted molar refractivity (Wildman–Crippen MR) is 78.0 cm³/mol. The molecule has 0 spiro atoms. The van der Waals surface area contributed by atoms with Gasteiger partial charge in [-0.15, -0.1) is 0 Å². The van der Waals surface area contributed by atoms with Crippen LogP contribution < -0.4 is 10.1 Å². The van der Waals surface area contributed by atoms with Crippen LogP contribution in [0.5, 0.6) is 5.75 Å². The van der Waals surface area contributed by atoms with Crippen LogP contribution in [0, 0.1) is 0 Å². The lowest BCUT2D eigenvalue weighted by molar-refractivity contribution is 0.414. The van der Waals surface area contributed by atoms with Crippen molar-refractivity contribution in [1.82, 2.24) is 5.32 Å². The van der Waals surface area contributed by atoms with E-state index in [1.807, 2.05) is 31.3 Å². The summed E-state index contributed by atoms with van der Waals surface area (Å²) >= 11 is 3.60. The van der Waals surface area contributed by atoms with Gasteiger partial charge in [0.2, 0.25) is 0 Å². The first-order chi connectivity index (χ1) is 8.76. The highest BCUT2D eigenvalue weighted by molar-refractivity contribution is 9.10. The molecule has 0 aromatic heterocycles. The molecule has 18 heavy (non-hydrogen) atoms. The van der Waals surface area contributed by atoms with Gasteiger partial charge in [-0.05, 0) is 36.4 Å². The van der Waals surface area contributed by atoms with Crippen LogP contribution in [0.2, 0.25) is 0 Å². The van der Waals surface area contributed by atoms with E-state index in [1.54, 1.807) is 7.11 Å². The average molecular weight is 306 g/mol. The van der Waals surface area contributed by atoms with Crippen molar-refractivity contribution in [3.8, 4) is 5.75 Å². The maximum atomic E-state index is 5.18. The molecule has 0 fully saturated rings. The topological polar surface area (TPSA) is 21.3 Å². The predicted octanol–water partition coefficient (Wildman–Crippen LogP) is 3.77. The van der Waals surface area contributed by atoms with Crippen molar-refractivity contribution in [2.45, 2.75) is 6.04 Å². The second-order valence-corrected chi connectivity index (χ2v) is 4.87. The van der Waals surface area contributed by atoms with Crippen molar-refractivity contribution in [2.24, 2.45) is 0 Å². The minimum atomic E-state index is 0.173. The molecule has 0 heterocycles. The Balaban J connectivity index is 2.36. The first-order valence-electron chi connectivity index (χ1n) is 5.82. The summed E-state index contributed by atoms with van der Waals surface area (Å²) in [6, 6.07) is 16.6. The molecule has 2 nitrogen and oxygen atoms in total. The lowest BCUT2D eigenvalue weighted by Crippen LogP contribution is -2.18. The normalized spacial score (nSPS) is 12.2. The van der Waals surface area contributed by atoms with Crippen LogP contribution in [0.3, 0.4) is 0 Å². The molecule has 0 radical (unpaired) electrons. The van der Waals surface area contributed by atoms with Gasteiger partial charge in [0.25, 0.3) is 0 Å². The lowest BCUT2D eigenvalue weighted by atomic mass is 9.99. The third-order valence-corrected chi connectivity index (χ3v) is 3.68. The fourth-order valence-corrected chi connectivity index (χ4v) is 2.52. The highest BCUT2D eigenvalue weighted by atomic mass is 79.9. The molecule has 0 saturated carbocycles. The molecule has 0 aliphatic rings. The van der Waals surface area contributed by atoms with Gasteiger partial charge in [0.05, 0.1) is 13.2 Å². The number of halogens is 1. The van der Waals surface area contributed by atoms with Crippen molar-refractivity contribution in [3.05, 3.63) is 64.1 Å². The van der Waals surface area contributed by atoms with Gasteiger partial charge in [0.1, 0.15) is 5.75 Å². The molecule has 2 aromatic rings. The molecule has 2 rings (SSSR count). The maximum Gasteiger partial charge on any atom is 0.118 e. The van der Waals surface area contributed by atoms with Crippen LogP contribution in [0.1, 0.15) is 17.2 Å². The number of ether oxygens (including phenoxy) is 1. The van der Waals surface area contributed by atoms with Crippen molar-refractivity contribution in [1.29, 1.82) is 0 Å². The highest BCUT2D eigenvalue weighted by Gasteiger charge is 2.14. The minimum absolute atomic E-state index is 0.173. The molecule has 2 aromatic carbocycles. The molecule has 1 atom stereocenters. The minimum Gasteiger partial charge on any atom is -0.497 e. The second-order valence-electron chi connectivity index (χ2n) is 4.02. The van der Waals surface area contributed by atoms with E-state index in [2.05, 4.69) is 45.5 Å². The highest BCUT2D eigenvalue weighted by Crippen LogP contribution is 2.29. The van der Waals surface area contributed by atoms with Gasteiger partial charge in [-0.25, -0.2) is 0 Å². The molecule has 94 valence electrons. The average Bonchev–Trinajstić information content (AvgIpc) is 2.42. The number of benzene rings is 2. The van der Waals surface area contributed by atoms with E-state index in [9.17, 15) is 0 Å². The molecule has 1 unspecified atom stereocenters. The monoisotopic (exact) mass is 305 g/mol. The number of hydrogen-bond donors (Lipinski definition) is 1. The quantitative estimate of drug-likeness (QED) is 0.928. The van der Waals surface area contributed by atoms with E-state index in [4.69, 9.17) is 4.74 Å². The van der Waals surface area contributed by atoms with Crippen LogP contribution in [0.25, 0.3) is 0 Å². The van der Waals surface area contributed by atoms with E-state index in [-0.39, 0.29) is 6.04 Å². The Morgan fingerprint density at radius 3 is 2.28 bits per heavy atom. The van der Waals surface area contributed by atoms with Crippen molar-refractivity contribution in [3.63, 3.8) is 0 Å². The van der Waals surface area contributed by atoms with E-state index in [0.717, 1.165) is 10.2 Å². The molecule has 0 aliphatic heterocycles. The van der Waals surface area contributed by atoms with Gasteiger partial charge in [0, 0.05) is 4.47 Å². The van der Waals surface area contributed by atoms with E-state index in [0.29, 0.717) is 0 Å². The zero-order chi connectivity index (χ0) is 13.0. The summed E-state index contributed by atoms with van der Waals surface area (Å²) in [5, 5.41) is 3.34. The number of hydrogen-bond acceptors (Lipinski definition) is 2. The van der Waals surface area contributed by atoms with Crippen molar-refractivity contribution >= 4 is 15.9 Å². The Kier molecular flexibility index (Phi) is 4.39. The van der Waals surface area contributed by atoms with Gasteiger partial charge >= 0.3 is 0 Å². The van der Waals surface area contributed by atoms with E-state index in [1.165, 1.54) is 11.1 Å².